The maximum Gasteiger partial charge on any atom is 0.0240 e. The van der Waals surface area contributed by atoms with Gasteiger partial charge in [0.2, 0.25) is 0 Å². The molecule has 0 bridgehead atoms. The van der Waals surface area contributed by atoms with Crippen molar-refractivity contribution in [2.75, 3.05) is 21.1 Å². The molecule has 1 aliphatic carbocycles. The van der Waals surface area contributed by atoms with Gasteiger partial charge >= 0.3 is 0 Å². The van der Waals surface area contributed by atoms with Crippen LogP contribution < -0.4 is 0 Å². The molecule has 1 aliphatic rings. The van der Waals surface area contributed by atoms with Gasteiger partial charge in [-0.25, -0.2) is 0 Å². The minimum Gasteiger partial charge on any atom is -0.305 e. The summed E-state index contributed by atoms with van der Waals surface area (Å²) in [4.78, 5) is 4.68. The molecule has 166 valence electrons. The van der Waals surface area contributed by atoms with E-state index >= 15 is 0 Å². The minimum absolute atomic E-state index is 0.919. The summed E-state index contributed by atoms with van der Waals surface area (Å²) in [5.74, 6) is 0. The van der Waals surface area contributed by atoms with E-state index in [-0.39, 0.29) is 0 Å². The summed E-state index contributed by atoms with van der Waals surface area (Å²) >= 11 is 0. The minimum atomic E-state index is 0.919. The molecule has 2 nitrogen and oxygen atoms in total. The predicted octanol–water partition coefficient (Wildman–Crippen LogP) is 6.62. The van der Waals surface area contributed by atoms with E-state index in [1.54, 1.807) is 0 Å². The van der Waals surface area contributed by atoms with Gasteiger partial charge in [0.25, 0.3) is 0 Å². The highest BCUT2D eigenvalue weighted by Gasteiger charge is 2.22. The van der Waals surface area contributed by atoms with Crippen LogP contribution in [0.5, 0.6) is 0 Å². The molecule has 0 N–H and O–H groups in total. The number of hydrogen-bond acceptors (Lipinski definition) is 2. The highest BCUT2D eigenvalue weighted by molar-refractivity contribution is 5.80. The Balaban J connectivity index is 1.41. The average Bonchev–Trinajstić information content (AvgIpc) is 3.18. The molecule has 0 saturated carbocycles. The van der Waals surface area contributed by atoms with Crippen molar-refractivity contribution in [3.63, 3.8) is 0 Å². The molecule has 4 aromatic rings. The van der Waals surface area contributed by atoms with Crippen LogP contribution in [0.15, 0.2) is 91.0 Å². The fraction of sp³-hybridized carbons (Fsp3) is 0.226. The number of rotatable bonds is 7. The Morgan fingerprint density at radius 1 is 0.606 bits per heavy atom. The van der Waals surface area contributed by atoms with Gasteiger partial charge in [-0.3, -0.25) is 4.90 Å². The quantitative estimate of drug-likeness (QED) is 0.285. The van der Waals surface area contributed by atoms with Gasteiger partial charge in [0.1, 0.15) is 0 Å². The van der Waals surface area contributed by atoms with E-state index < -0.39 is 0 Å². The highest BCUT2D eigenvalue weighted by atomic mass is 15.1. The van der Waals surface area contributed by atoms with Gasteiger partial charge in [0.05, 0.1) is 0 Å². The second kappa shape index (κ2) is 9.35. The first-order valence-electron chi connectivity index (χ1n) is 11.8. The lowest BCUT2D eigenvalue weighted by molar-refractivity contribution is 0.320. The predicted molar refractivity (Wildman–Crippen MR) is 139 cm³/mol. The summed E-state index contributed by atoms with van der Waals surface area (Å²) in [5.41, 5.74) is 12.6. The lowest BCUT2D eigenvalue weighted by Gasteiger charge is -2.21. The molecule has 33 heavy (non-hydrogen) atoms. The first-order valence-corrected chi connectivity index (χ1v) is 11.8. The molecule has 0 amide bonds. The Kier molecular flexibility index (Phi) is 6.13. The normalized spacial score (nSPS) is 12.3. The molecule has 0 radical (unpaired) electrons. The maximum absolute atomic E-state index is 2.44. The van der Waals surface area contributed by atoms with Crippen molar-refractivity contribution in [1.29, 1.82) is 0 Å². The lowest BCUT2D eigenvalue weighted by atomic mass is 9.97. The van der Waals surface area contributed by atoms with Crippen molar-refractivity contribution in [3.8, 4) is 22.3 Å². The van der Waals surface area contributed by atoms with Crippen molar-refractivity contribution >= 4 is 0 Å². The molecule has 0 atom stereocenters. The monoisotopic (exact) mass is 432 g/mol. The standard InChI is InChI=1S/C31H32N2/c1-32(2)20-23-16-17-25-19-26-13-9-14-28(31(26)30(25)18-23)22-33(3)21-27-12-7-8-15-29(27)24-10-5-4-6-11-24/h4-18H,19-22H2,1-3H3. The van der Waals surface area contributed by atoms with E-state index in [9.17, 15) is 0 Å². The topological polar surface area (TPSA) is 6.48 Å². The first kappa shape index (κ1) is 21.6. The van der Waals surface area contributed by atoms with E-state index in [4.69, 9.17) is 0 Å². The Morgan fingerprint density at radius 3 is 2.15 bits per heavy atom. The summed E-state index contributed by atoms with van der Waals surface area (Å²) in [6, 6.07) is 33.4. The third-order valence-electron chi connectivity index (χ3n) is 6.54. The van der Waals surface area contributed by atoms with Gasteiger partial charge < -0.3 is 4.90 Å². The zero-order valence-corrected chi connectivity index (χ0v) is 19.9. The lowest BCUT2D eigenvalue weighted by Crippen LogP contribution is -2.18. The Labute approximate surface area is 198 Å². The second-order valence-corrected chi connectivity index (χ2v) is 9.55. The Bertz CT molecular complexity index is 1260. The van der Waals surface area contributed by atoms with E-state index in [0.29, 0.717) is 0 Å². The Morgan fingerprint density at radius 2 is 1.33 bits per heavy atom. The van der Waals surface area contributed by atoms with Gasteiger partial charge in [0.15, 0.2) is 0 Å². The molecule has 0 saturated heterocycles. The molecule has 0 fully saturated rings. The molecule has 0 spiro atoms. The molecule has 0 aromatic heterocycles. The van der Waals surface area contributed by atoms with Gasteiger partial charge in [-0.2, -0.15) is 0 Å². The van der Waals surface area contributed by atoms with Crippen LogP contribution in [-0.4, -0.2) is 30.9 Å². The highest BCUT2D eigenvalue weighted by Crippen LogP contribution is 2.40. The van der Waals surface area contributed by atoms with E-state index in [0.717, 1.165) is 26.1 Å². The van der Waals surface area contributed by atoms with E-state index in [2.05, 4.69) is 122 Å². The van der Waals surface area contributed by atoms with Crippen LogP contribution >= 0.6 is 0 Å². The SMILES string of the molecule is CN(C)Cc1ccc2c(c1)-c1c(cccc1CN(C)Cc1ccccc1-c1ccccc1)C2. The molecule has 2 heteroatoms. The third-order valence-corrected chi connectivity index (χ3v) is 6.54. The summed E-state index contributed by atoms with van der Waals surface area (Å²) in [6.07, 6.45) is 1.04. The smallest absolute Gasteiger partial charge is 0.0240 e. The average molecular weight is 433 g/mol. The van der Waals surface area contributed by atoms with Gasteiger partial charge in [-0.15, -0.1) is 0 Å². The molecular formula is C31H32N2. The molecule has 0 heterocycles. The fourth-order valence-electron chi connectivity index (χ4n) is 5.15. The van der Waals surface area contributed by atoms with Crippen LogP contribution in [0.4, 0.5) is 0 Å². The molecule has 5 rings (SSSR count). The molecule has 4 aromatic carbocycles. The van der Waals surface area contributed by atoms with Gasteiger partial charge in [0, 0.05) is 19.6 Å². The Hall–Kier alpha value is -3.20. The molecule has 0 unspecified atom stereocenters. The van der Waals surface area contributed by atoms with Crippen LogP contribution in [0.25, 0.3) is 22.3 Å². The number of benzene rings is 4. The van der Waals surface area contributed by atoms with E-state index in [1.165, 1.54) is 50.1 Å². The largest absolute Gasteiger partial charge is 0.305 e. The summed E-state index contributed by atoms with van der Waals surface area (Å²) in [7, 11) is 6.50. The van der Waals surface area contributed by atoms with Crippen LogP contribution in [-0.2, 0) is 26.1 Å². The van der Waals surface area contributed by atoms with Crippen LogP contribution in [0.2, 0.25) is 0 Å². The molecular weight excluding hydrogens is 400 g/mol. The van der Waals surface area contributed by atoms with Gasteiger partial charge in [-0.1, -0.05) is 84.9 Å². The van der Waals surface area contributed by atoms with Crippen molar-refractivity contribution in [3.05, 3.63) is 119 Å². The van der Waals surface area contributed by atoms with Crippen LogP contribution in [0.1, 0.15) is 27.8 Å². The van der Waals surface area contributed by atoms with Crippen molar-refractivity contribution in [2.45, 2.75) is 26.1 Å². The fourth-order valence-corrected chi connectivity index (χ4v) is 5.15. The number of nitrogens with zero attached hydrogens (tertiary/aromatic N) is 2. The van der Waals surface area contributed by atoms with Crippen molar-refractivity contribution in [1.82, 2.24) is 9.80 Å². The van der Waals surface area contributed by atoms with Crippen molar-refractivity contribution in [2.24, 2.45) is 0 Å². The summed E-state index contributed by atoms with van der Waals surface area (Å²) < 4.78 is 0. The molecule has 0 aliphatic heterocycles. The number of fused-ring (bicyclic) bond motifs is 3. The second-order valence-electron chi connectivity index (χ2n) is 9.55. The van der Waals surface area contributed by atoms with Gasteiger partial charge in [-0.05, 0) is 83.7 Å². The maximum atomic E-state index is 2.44. The zero-order valence-electron chi connectivity index (χ0n) is 19.9. The van der Waals surface area contributed by atoms with Crippen molar-refractivity contribution < 1.29 is 0 Å². The number of hydrogen-bond donors (Lipinski definition) is 0. The third kappa shape index (κ3) is 4.64. The summed E-state index contributed by atoms with van der Waals surface area (Å²) in [5, 5.41) is 0. The van der Waals surface area contributed by atoms with Crippen LogP contribution in [0, 0.1) is 0 Å². The first-order chi connectivity index (χ1) is 16.1. The summed E-state index contributed by atoms with van der Waals surface area (Å²) in [6.45, 7) is 2.83. The van der Waals surface area contributed by atoms with Crippen LogP contribution in [0.3, 0.4) is 0 Å². The zero-order chi connectivity index (χ0) is 22.8. The van der Waals surface area contributed by atoms with E-state index in [1.807, 2.05) is 0 Å².